The fourth-order valence-electron chi connectivity index (χ4n) is 2.48. The minimum absolute atomic E-state index is 0.0857. The summed E-state index contributed by atoms with van der Waals surface area (Å²) in [4.78, 5) is 13.0. The van der Waals surface area contributed by atoms with Gasteiger partial charge in [-0.25, -0.2) is 4.79 Å². The molecule has 116 valence electrons. The standard InChI is InChI=1S/C16H24N2O2S/c19-15-10-5-4-9-14(15)18-16(20)17-11-6-12-21-13-7-2-1-3-8-13/h1-3,7-8,14-15,19H,4-6,9-12H2,(H2,17,18,20). The summed E-state index contributed by atoms with van der Waals surface area (Å²) in [5.41, 5.74) is 0. The Hall–Kier alpha value is -1.20. The van der Waals surface area contributed by atoms with E-state index in [-0.39, 0.29) is 12.1 Å². The van der Waals surface area contributed by atoms with E-state index in [1.165, 1.54) is 4.90 Å². The van der Waals surface area contributed by atoms with Crippen LogP contribution >= 0.6 is 11.8 Å². The number of thioether (sulfide) groups is 1. The molecule has 2 rings (SSSR count). The van der Waals surface area contributed by atoms with Gasteiger partial charge in [0.2, 0.25) is 0 Å². The predicted molar refractivity (Wildman–Crippen MR) is 86.6 cm³/mol. The summed E-state index contributed by atoms with van der Waals surface area (Å²) >= 11 is 1.80. The fourth-order valence-corrected chi connectivity index (χ4v) is 3.35. The van der Waals surface area contributed by atoms with Gasteiger partial charge in [0.15, 0.2) is 0 Å². The van der Waals surface area contributed by atoms with E-state index in [9.17, 15) is 9.90 Å². The van der Waals surface area contributed by atoms with E-state index in [4.69, 9.17) is 0 Å². The average molecular weight is 308 g/mol. The third-order valence-electron chi connectivity index (χ3n) is 3.66. The first-order valence-corrected chi connectivity index (χ1v) is 8.64. The number of aliphatic hydroxyl groups is 1. The Bertz CT molecular complexity index is 428. The molecule has 0 bridgehead atoms. The van der Waals surface area contributed by atoms with Crippen LogP contribution in [0.2, 0.25) is 0 Å². The summed E-state index contributed by atoms with van der Waals surface area (Å²) in [5.74, 6) is 0.982. The first-order valence-electron chi connectivity index (χ1n) is 7.66. The summed E-state index contributed by atoms with van der Waals surface area (Å²) in [5, 5.41) is 15.5. The molecule has 1 saturated carbocycles. The van der Waals surface area contributed by atoms with Gasteiger partial charge in [-0.3, -0.25) is 0 Å². The summed E-state index contributed by atoms with van der Waals surface area (Å²) in [6.07, 6.45) is 4.34. The van der Waals surface area contributed by atoms with Crippen molar-refractivity contribution in [3.05, 3.63) is 30.3 Å². The van der Waals surface area contributed by atoms with Crippen LogP contribution in [0.1, 0.15) is 32.1 Å². The molecule has 3 N–H and O–H groups in total. The molecule has 0 aromatic heterocycles. The molecule has 0 radical (unpaired) electrons. The highest BCUT2D eigenvalue weighted by Crippen LogP contribution is 2.18. The van der Waals surface area contributed by atoms with Crippen LogP contribution < -0.4 is 10.6 Å². The molecule has 1 aliphatic rings. The van der Waals surface area contributed by atoms with Crippen molar-refractivity contribution in [3.63, 3.8) is 0 Å². The van der Waals surface area contributed by atoms with Gasteiger partial charge in [-0.2, -0.15) is 0 Å². The maximum absolute atomic E-state index is 11.7. The van der Waals surface area contributed by atoms with Crippen molar-refractivity contribution in [1.82, 2.24) is 10.6 Å². The molecular weight excluding hydrogens is 284 g/mol. The topological polar surface area (TPSA) is 61.4 Å². The molecule has 0 aliphatic heterocycles. The first kappa shape index (κ1) is 16.2. The Balaban J connectivity index is 1.55. The van der Waals surface area contributed by atoms with Crippen LogP contribution in [0.25, 0.3) is 0 Å². The molecule has 2 amide bonds. The lowest BCUT2D eigenvalue weighted by Crippen LogP contribution is -2.49. The van der Waals surface area contributed by atoms with E-state index in [1.807, 2.05) is 18.2 Å². The van der Waals surface area contributed by atoms with E-state index < -0.39 is 6.10 Å². The highest BCUT2D eigenvalue weighted by molar-refractivity contribution is 7.99. The Kier molecular flexibility index (Phi) is 6.89. The van der Waals surface area contributed by atoms with E-state index in [1.54, 1.807) is 11.8 Å². The van der Waals surface area contributed by atoms with Crippen LogP contribution in [0.4, 0.5) is 4.79 Å². The molecule has 1 fully saturated rings. The monoisotopic (exact) mass is 308 g/mol. The number of urea groups is 1. The number of hydrogen-bond donors (Lipinski definition) is 3. The van der Waals surface area contributed by atoms with Crippen molar-refractivity contribution in [1.29, 1.82) is 0 Å². The van der Waals surface area contributed by atoms with Crippen molar-refractivity contribution in [2.45, 2.75) is 49.1 Å². The number of carbonyl (C=O) groups is 1. The quantitative estimate of drug-likeness (QED) is 0.559. The van der Waals surface area contributed by atoms with Crippen LogP contribution in [0.3, 0.4) is 0 Å². The minimum atomic E-state index is -0.391. The summed E-state index contributed by atoms with van der Waals surface area (Å²) in [6.45, 7) is 0.661. The Labute approximate surface area is 130 Å². The van der Waals surface area contributed by atoms with Gasteiger partial charge in [0, 0.05) is 11.4 Å². The van der Waals surface area contributed by atoms with Crippen molar-refractivity contribution < 1.29 is 9.90 Å². The van der Waals surface area contributed by atoms with E-state index >= 15 is 0 Å². The molecule has 2 atom stereocenters. The number of aliphatic hydroxyl groups excluding tert-OH is 1. The fraction of sp³-hybridized carbons (Fsp3) is 0.562. The molecule has 2 unspecified atom stereocenters. The van der Waals surface area contributed by atoms with Crippen molar-refractivity contribution in [2.24, 2.45) is 0 Å². The predicted octanol–water partition coefficient (Wildman–Crippen LogP) is 2.77. The highest BCUT2D eigenvalue weighted by atomic mass is 32.2. The highest BCUT2D eigenvalue weighted by Gasteiger charge is 2.24. The number of amides is 2. The van der Waals surface area contributed by atoms with Gasteiger partial charge in [-0.15, -0.1) is 11.8 Å². The van der Waals surface area contributed by atoms with Crippen molar-refractivity contribution in [3.8, 4) is 0 Å². The Morgan fingerprint density at radius 2 is 2.00 bits per heavy atom. The average Bonchev–Trinajstić information content (AvgIpc) is 2.50. The van der Waals surface area contributed by atoms with Crippen LogP contribution in [-0.4, -0.2) is 35.6 Å². The lowest BCUT2D eigenvalue weighted by Gasteiger charge is -2.28. The third kappa shape index (κ3) is 5.98. The van der Waals surface area contributed by atoms with Crippen molar-refractivity contribution >= 4 is 17.8 Å². The normalized spacial score (nSPS) is 21.8. The maximum atomic E-state index is 11.7. The van der Waals surface area contributed by atoms with Crippen LogP contribution in [0.15, 0.2) is 35.2 Å². The molecule has 1 aliphatic carbocycles. The van der Waals surface area contributed by atoms with E-state index in [0.717, 1.165) is 37.9 Å². The Morgan fingerprint density at radius 3 is 2.76 bits per heavy atom. The number of nitrogens with one attached hydrogen (secondary N) is 2. The minimum Gasteiger partial charge on any atom is -0.391 e. The summed E-state index contributed by atoms with van der Waals surface area (Å²) in [7, 11) is 0. The van der Waals surface area contributed by atoms with Crippen LogP contribution in [-0.2, 0) is 0 Å². The molecular formula is C16H24N2O2S. The van der Waals surface area contributed by atoms with E-state index in [0.29, 0.717) is 6.54 Å². The molecule has 1 aromatic carbocycles. The van der Waals surface area contributed by atoms with Gasteiger partial charge >= 0.3 is 6.03 Å². The molecule has 0 heterocycles. The number of hydrogen-bond acceptors (Lipinski definition) is 3. The zero-order valence-corrected chi connectivity index (χ0v) is 13.1. The molecule has 0 saturated heterocycles. The lowest BCUT2D eigenvalue weighted by molar-refractivity contribution is 0.0943. The third-order valence-corrected chi connectivity index (χ3v) is 4.76. The molecule has 5 heteroatoms. The molecule has 21 heavy (non-hydrogen) atoms. The second kappa shape index (κ2) is 8.95. The Morgan fingerprint density at radius 1 is 1.24 bits per heavy atom. The van der Waals surface area contributed by atoms with Gasteiger partial charge in [0.25, 0.3) is 0 Å². The van der Waals surface area contributed by atoms with Gasteiger partial charge in [-0.1, -0.05) is 31.0 Å². The van der Waals surface area contributed by atoms with Crippen LogP contribution in [0, 0.1) is 0 Å². The van der Waals surface area contributed by atoms with Crippen molar-refractivity contribution in [2.75, 3.05) is 12.3 Å². The van der Waals surface area contributed by atoms with Gasteiger partial charge in [0.1, 0.15) is 0 Å². The molecule has 0 spiro atoms. The molecule has 4 nitrogen and oxygen atoms in total. The zero-order chi connectivity index (χ0) is 14.9. The van der Waals surface area contributed by atoms with Gasteiger partial charge in [0.05, 0.1) is 12.1 Å². The number of rotatable bonds is 6. The summed E-state index contributed by atoms with van der Waals surface area (Å²) < 4.78 is 0. The number of benzene rings is 1. The smallest absolute Gasteiger partial charge is 0.315 e. The van der Waals surface area contributed by atoms with Gasteiger partial charge in [-0.05, 0) is 37.1 Å². The second-order valence-corrected chi connectivity index (χ2v) is 6.54. The maximum Gasteiger partial charge on any atom is 0.315 e. The van der Waals surface area contributed by atoms with Crippen LogP contribution in [0.5, 0.6) is 0 Å². The second-order valence-electron chi connectivity index (χ2n) is 5.37. The lowest BCUT2D eigenvalue weighted by atomic mass is 9.93. The first-order chi connectivity index (χ1) is 10.3. The number of carbonyl (C=O) groups excluding carboxylic acids is 1. The largest absolute Gasteiger partial charge is 0.391 e. The van der Waals surface area contributed by atoms with E-state index in [2.05, 4.69) is 22.8 Å². The molecule has 1 aromatic rings. The summed E-state index contributed by atoms with van der Waals surface area (Å²) in [6, 6.07) is 10.0. The SMILES string of the molecule is O=C(NCCCSc1ccccc1)NC1CCCCC1O. The van der Waals surface area contributed by atoms with Gasteiger partial charge < -0.3 is 15.7 Å². The zero-order valence-electron chi connectivity index (χ0n) is 12.3.